The second-order valence-corrected chi connectivity index (χ2v) is 7.94. The third-order valence-electron chi connectivity index (χ3n) is 5.50. The van der Waals surface area contributed by atoms with Crippen molar-refractivity contribution in [3.8, 4) is 17.1 Å². The summed E-state index contributed by atoms with van der Waals surface area (Å²) in [5.74, 6) is 1.61. The summed E-state index contributed by atoms with van der Waals surface area (Å²) in [5, 5.41) is 4.05. The van der Waals surface area contributed by atoms with Crippen LogP contribution in [0.25, 0.3) is 11.4 Å². The van der Waals surface area contributed by atoms with E-state index in [-0.39, 0.29) is 12.5 Å². The molecular weight excluding hydrogens is 378 g/mol. The number of nitrogens with zero attached hydrogens (tertiary/aromatic N) is 3. The lowest BCUT2D eigenvalue weighted by molar-refractivity contribution is -0.137. The minimum absolute atomic E-state index is 0.126. The van der Waals surface area contributed by atoms with Gasteiger partial charge >= 0.3 is 0 Å². The Balaban J connectivity index is 1.40. The van der Waals surface area contributed by atoms with Gasteiger partial charge in [0.05, 0.1) is 6.54 Å². The van der Waals surface area contributed by atoms with Crippen molar-refractivity contribution in [3.05, 3.63) is 65.0 Å². The van der Waals surface area contributed by atoms with Gasteiger partial charge in [-0.2, -0.15) is 4.98 Å². The van der Waals surface area contributed by atoms with E-state index in [1.165, 1.54) is 17.5 Å². The first-order valence-corrected chi connectivity index (χ1v) is 10.4. The van der Waals surface area contributed by atoms with Gasteiger partial charge in [-0.1, -0.05) is 41.1 Å². The molecule has 1 heterocycles. The normalized spacial score (nSPS) is 14.1. The predicted octanol–water partition coefficient (Wildman–Crippen LogP) is 4.35. The van der Waals surface area contributed by atoms with Gasteiger partial charge in [-0.05, 0) is 62.8 Å². The lowest BCUT2D eigenvalue weighted by atomic mass is 9.91. The molecule has 0 bridgehead atoms. The van der Waals surface area contributed by atoms with Crippen LogP contribution in [0.15, 0.2) is 47.0 Å². The van der Waals surface area contributed by atoms with Crippen molar-refractivity contribution >= 4 is 5.91 Å². The van der Waals surface area contributed by atoms with Crippen molar-refractivity contribution < 1.29 is 14.1 Å². The van der Waals surface area contributed by atoms with E-state index >= 15 is 0 Å². The van der Waals surface area contributed by atoms with Crippen LogP contribution in [0.2, 0.25) is 0 Å². The first kappa shape index (κ1) is 20.1. The molecule has 6 nitrogen and oxygen atoms in total. The molecule has 0 saturated heterocycles. The summed E-state index contributed by atoms with van der Waals surface area (Å²) in [5.41, 5.74) is 4.59. The Morgan fingerprint density at radius 3 is 2.83 bits per heavy atom. The number of hydrogen-bond acceptors (Lipinski definition) is 5. The van der Waals surface area contributed by atoms with E-state index in [4.69, 9.17) is 9.26 Å². The highest BCUT2D eigenvalue weighted by atomic mass is 16.5. The molecule has 0 spiro atoms. The van der Waals surface area contributed by atoms with Crippen LogP contribution in [0.1, 0.15) is 42.3 Å². The number of carbonyl (C=O) groups excluding carboxylic acids is 1. The maximum Gasteiger partial charge on any atom is 0.263 e. The molecule has 1 aliphatic rings. The fraction of sp³-hybridized carbons (Fsp3) is 0.375. The summed E-state index contributed by atoms with van der Waals surface area (Å²) in [4.78, 5) is 18.8. The predicted molar refractivity (Wildman–Crippen MR) is 114 cm³/mol. The van der Waals surface area contributed by atoms with E-state index in [9.17, 15) is 4.79 Å². The number of fused-ring (bicyclic) bond motifs is 1. The van der Waals surface area contributed by atoms with Crippen molar-refractivity contribution in [2.24, 2.45) is 0 Å². The second-order valence-electron chi connectivity index (χ2n) is 7.94. The van der Waals surface area contributed by atoms with Crippen molar-refractivity contribution in [1.82, 2.24) is 15.0 Å². The molecule has 30 heavy (non-hydrogen) atoms. The molecule has 1 aromatic heterocycles. The molecule has 0 N–H and O–H groups in total. The van der Waals surface area contributed by atoms with Gasteiger partial charge in [-0.25, -0.2) is 0 Å². The summed E-state index contributed by atoms with van der Waals surface area (Å²) in [6.45, 7) is 4.04. The molecular formula is C24H27N3O3. The first-order valence-electron chi connectivity index (χ1n) is 10.4. The maximum absolute atomic E-state index is 12.9. The third kappa shape index (κ3) is 4.37. The van der Waals surface area contributed by atoms with Crippen LogP contribution in [0, 0.1) is 6.92 Å². The minimum Gasteiger partial charge on any atom is -0.481 e. The Morgan fingerprint density at radius 2 is 2.00 bits per heavy atom. The number of ether oxygens (including phenoxy) is 1. The number of aryl methyl sites for hydroxylation is 2. The van der Waals surface area contributed by atoms with Gasteiger partial charge in [0, 0.05) is 12.6 Å². The van der Waals surface area contributed by atoms with Gasteiger partial charge in [0.25, 0.3) is 5.91 Å². The van der Waals surface area contributed by atoms with E-state index in [0.717, 1.165) is 36.1 Å². The van der Waals surface area contributed by atoms with Crippen LogP contribution in [-0.2, 0) is 24.2 Å². The summed E-state index contributed by atoms with van der Waals surface area (Å²) in [6, 6.07) is 14.0. The molecule has 0 saturated carbocycles. The van der Waals surface area contributed by atoms with E-state index in [0.29, 0.717) is 11.7 Å². The Labute approximate surface area is 176 Å². The van der Waals surface area contributed by atoms with Crippen LogP contribution in [0.4, 0.5) is 0 Å². The molecule has 0 unspecified atom stereocenters. The molecule has 1 aliphatic carbocycles. The molecule has 2 aromatic carbocycles. The molecule has 4 rings (SSSR count). The molecule has 3 aromatic rings. The monoisotopic (exact) mass is 405 g/mol. The molecule has 6 heteroatoms. The lowest BCUT2D eigenvalue weighted by Gasteiger charge is -2.24. The van der Waals surface area contributed by atoms with Crippen molar-refractivity contribution in [1.29, 1.82) is 0 Å². The Morgan fingerprint density at radius 1 is 1.20 bits per heavy atom. The SMILES string of the molecule is Cc1cccc(-c2noc(CN(C)C(=O)[C@H](C)Oc3cccc4c3CCCC4)n2)c1. The quantitative estimate of drug-likeness (QED) is 0.610. The number of likely N-dealkylation sites (N-methyl/N-ethyl adjacent to an activating group) is 1. The van der Waals surface area contributed by atoms with Gasteiger partial charge in [0.1, 0.15) is 5.75 Å². The van der Waals surface area contributed by atoms with E-state index < -0.39 is 6.10 Å². The minimum atomic E-state index is -0.595. The summed E-state index contributed by atoms with van der Waals surface area (Å²) >= 11 is 0. The number of aromatic nitrogens is 2. The van der Waals surface area contributed by atoms with Gasteiger partial charge in [0.2, 0.25) is 11.7 Å². The number of rotatable bonds is 6. The van der Waals surface area contributed by atoms with Gasteiger partial charge in [-0.3, -0.25) is 4.79 Å². The maximum atomic E-state index is 12.9. The highest BCUT2D eigenvalue weighted by Gasteiger charge is 2.23. The zero-order valence-electron chi connectivity index (χ0n) is 17.7. The van der Waals surface area contributed by atoms with Crippen LogP contribution >= 0.6 is 0 Å². The van der Waals surface area contributed by atoms with E-state index in [2.05, 4.69) is 16.2 Å². The molecule has 0 aliphatic heterocycles. The van der Waals surface area contributed by atoms with Crippen LogP contribution in [0.3, 0.4) is 0 Å². The van der Waals surface area contributed by atoms with Crippen molar-refractivity contribution in [2.75, 3.05) is 7.05 Å². The van der Waals surface area contributed by atoms with Crippen molar-refractivity contribution in [3.63, 3.8) is 0 Å². The fourth-order valence-electron chi connectivity index (χ4n) is 3.91. The summed E-state index contributed by atoms with van der Waals surface area (Å²) < 4.78 is 11.4. The van der Waals surface area contributed by atoms with Crippen LogP contribution in [-0.4, -0.2) is 34.1 Å². The Kier molecular flexibility index (Phi) is 5.84. The van der Waals surface area contributed by atoms with Crippen LogP contribution in [0.5, 0.6) is 5.75 Å². The average Bonchev–Trinajstić information content (AvgIpc) is 3.22. The zero-order valence-corrected chi connectivity index (χ0v) is 17.7. The van der Waals surface area contributed by atoms with E-state index in [1.54, 1.807) is 18.9 Å². The molecule has 156 valence electrons. The van der Waals surface area contributed by atoms with Crippen LogP contribution < -0.4 is 4.74 Å². The highest BCUT2D eigenvalue weighted by molar-refractivity contribution is 5.80. The highest BCUT2D eigenvalue weighted by Crippen LogP contribution is 2.30. The molecule has 1 atom stereocenters. The smallest absolute Gasteiger partial charge is 0.263 e. The van der Waals surface area contributed by atoms with Gasteiger partial charge < -0.3 is 14.2 Å². The molecule has 1 amide bonds. The third-order valence-corrected chi connectivity index (χ3v) is 5.50. The van der Waals surface area contributed by atoms with E-state index in [1.807, 2.05) is 43.3 Å². The lowest BCUT2D eigenvalue weighted by Crippen LogP contribution is -2.37. The Hall–Kier alpha value is -3.15. The summed E-state index contributed by atoms with van der Waals surface area (Å²) in [6.07, 6.45) is 3.86. The first-order chi connectivity index (χ1) is 14.5. The second kappa shape index (κ2) is 8.69. The zero-order chi connectivity index (χ0) is 21.1. The summed E-state index contributed by atoms with van der Waals surface area (Å²) in [7, 11) is 1.72. The van der Waals surface area contributed by atoms with Gasteiger partial charge in [0.15, 0.2) is 6.10 Å². The number of benzene rings is 2. The molecule has 0 fully saturated rings. The van der Waals surface area contributed by atoms with Gasteiger partial charge in [-0.15, -0.1) is 0 Å². The largest absolute Gasteiger partial charge is 0.481 e. The molecule has 0 radical (unpaired) electrons. The number of hydrogen-bond donors (Lipinski definition) is 0. The number of carbonyl (C=O) groups is 1. The average molecular weight is 405 g/mol. The fourth-order valence-corrected chi connectivity index (χ4v) is 3.91. The Bertz CT molecular complexity index is 1040. The topological polar surface area (TPSA) is 68.5 Å². The van der Waals surface area contributed by atoms with Crippen molar-refractivity contribution in [2.45, 2.75) is 52.2 Å². The standard InChI is InChI=1S/C24H27N3O3/c1-16-8-6-11-19(14-16)23-25-22(30-26-23)15-27(3)24(28)17(2)29-21-13-7-10-18-9-4-5-12-20(18)21/h6-8,10-11,13-14,17H,4-5,9,12,15H2,1-3H3/t17-/m0/s1. The number of amides is 1.